The summed E-state index contributed by atoms with van der Waals surface area (Å²) in [6.07, 6.45) is 1.15. The highest BCUT2D eigenvalue weighted by Crippen LogP contribution is 2.32. The predicted octanol–water partition coefficient (Wildman–Crippen LogP) is 3.16. The molecule has 0 amide bonds. The highest BCUT2D eigenvalue weighted by atomic mass is 32.2. The SMILES string of the molecule is C[C@@H](O)c1ccc(C#N)cc1Sc1ccccn1. The van der Waals surface area contributed by atoms with Gasteiger partial charge in [0.05, 0.1) is 17.7 Å². The highest BCUT2D eigenvalue weighted by molar-refractivity contribution is 7.99. The van der Waals surface area contributed by atoms with Gasteiger partial charge in [-0.1, -0.05) is 23.9 Å². The maximum Gasteiger partial charge on any atom is 0.101 e. The fraction of sp³-hybridized carbons (Fsp3) is 0.143. The largest absolute Gasteiger partial charge is 0.389 e. The zero-order valence-electron chi connectivity index (χ0n) is 9.87. The fourth-order valence-corrected chi connectivity index (χ4v) is 2.59. The van der Waals surface area contributed by atoms with Crippen LogP contribution in [0.1, 0.15) is 24.2 Å². The number of hydrogen-bond donors (Lipinski definition) is 1. The number of aliphatic hydroxyl groups excluding tert-OH is 1. The molecule has 4 heteroatoms. The van der Waals surface area contributed by atoms with Crippen molar-refractivity contribution in [2.24, 2.45) is 0 Å². The van der Waals surface area contributed by atoms with E-state index in [1.54, 1.807) is 31.3 Å². The Morgan fingerprint density at radius 2 is 2.17 bits per heavy atom. The van der Waals surface area contributed by atoms with Crippen molar-refractivity contribution < 1.29 is 5.11 Å². The van der Waals surface area contributed by atoms with Gasteiger partial charge in [-0.15, -0.1) is 0 Å². The lowest BCUT2D eigenvalue weighted by Crippen LogP contribution is -1.95. The molecule has 0 aliphatic heterocycles. The Labute approximate surface area is 110 Å². The zero-order chi connectivity index (χ0) is 13.0. The van der Waals surface area contributed by atoms with Gasteiger partial charge in [-0.3, -0.25) is 0 Å². The maximum atomic E-state index is 9.73. The first-order chi connectivity index (χ1) is 8.70. The predicted molar refractivity (Wildman–Crippen MR) is 70.2 cm³/mol. The number of pyridine rings is 1. The Kier molecular flexibility index (Phi) is 3.98. The number of nitrogens with zero attached hydrogens (tertiary/aromatic N) is 2. The minimum atomic E-state index is -0.566. The van der Waals surface area contributed by atoms with Crippen LogP contribution in [0.3, 0.4) is 0 Å². The lowest BCUT2D eigenvalue weighted by atomic mass is 10.1. The van der Waals surface area contributed by atoms with Gasteiger partial charge in [0, 0.05) is 11.1 Å². The van der Waals surface area contributed by atoms with Gasteiger partial charge in [0.25, 0.3) is 0 Å². The second kappa shape index (κ2) is 5.67. The monoisotopic (exact) mass is 256 g/mol. The van der Waals surface area contributed by atoms with Gasteiger partial charge >= 0.3 is 0 Å². The number of benzene rings is 1. The molecule has 0 unspecified atom stereocenters. The summed E-state index contributed by atoms with van der Waals surface area (Å²) in [5.41, 5.74) is 1.39. The molecule has 2 aromatic rings. The molecule has 90 valence electrons. The maximum absolute atomic E-state index is 9.73. The molecule has 0 aliphatic carbocycles. The number of hydrogen-bond acceptors (Lipinski definition) is 4. The molecule has 1 aromatic heterocycles. The van der Waals surface area contributed by atoms with Crippen molar-refractivity contribution in [3.63, 3.8) is 0 Å². The summed E-state index contributed by atoms with van der Waals surface area (Å²) in [7, 11) is 0. The van der Waals surface area contributed by atoms with E-state index in [0.29, 0.717) is 5.56 Å². The van der Waals surface area contributed by atoms with E-state index in [1.807, 2.05) is 18.2 Å². The first-order valence-corrected chi connectivity index (χ1v) is 6.33. The van der Waals surface area contributed by atoms with E-state index in [0.717, 1.165) is 15.5 Å². The van der Waals surface area contributed by atoms with Crippen LogP contribution in [0.2, 0.25) is 0 Å². The molecule has 1 N–H and O–H groups in total. The second-order valence-electron chi connectivity index (χ2n) is 3.81. The number of nitriles is 1. The third kappa shape index (κ3) is 2.89. The van der Waals surface area contributed by atoms with Crippen LogP contribution in [-0.2, 0) is 0 Å². The molecule has 0 radical (unpaired) electrons. The van der Waals surface area contributed by atoms with Crippen LogP contribution in [0, 0.1) is 11.3 Å². The number of rotatable bonds is 3. The Balaban J connectivity index is 2.39. The van der Waals surface area contributed by atoms with Crippen molar-refractivity contribution in [2.45, 2.75) is 22.9 Å². The molecular weight excluding hydrogens is 244 g/mol. The molecule has 0 saturated carbocycles. The molecule has 1 atom stereocenters. The summed E-state index contributed by atoms with van der Waals surface area (Å²) in [6.45, 7) is 1.71. The smallest absolute Gasteiger partial charge is 0.101 e. The minimum Gasteiger partial charge on any atom is -0.389 e. The summed E-state index contributed by atoms with van der Waals surface area (Å²) in [5, 5.41) is 19.5. The van der Waals surface area contributed by atoms with Crippen LogP contribution in [-0.4, -0.2) is 10.1 Å². The summed E-state index contributed by atoms with van der Waals surface area (Å²) >= 11 is 1.45. The zero-order valence-corrected chi connectivity index (χ0v) is 10.7. The van der Waals surface area contributed by atoms with Crippen LogP contribution < -0.4 is 0 Å². The van der Waals surface area contributed by atoms with Gasteiger partial charge in [0.1, 0.15) is 5.03 Å². The first kappa shape index (κ1) is 12.6. The molecule has 2 rings (SSSR count). The Morgan fingerprint density at radius 3 is 2.78 bits per heavy atom. The molecule has 0 aliphatic rings. The van der Waals surface area contributed by atoms with Crippen LogP contribution >= 0.6 is 11.8 Å². The first-order valence-electron chi connectivity index (χ1n) is 5.51. The lowest BCUT2D eigenvalue weighted by Gasteiger charge is -2.11. The lowest BCUT2D eigenvalue weighted by molar-refractivity contribution is 0.196. The topological polar surface area (TPSA) is 56.9 Å². The van der Waals surface area contributed by atoms with Gasteiger partial charge in [0.2, 0.25) is 0 Å². The molecule has 3 nitrogen and oxygen atoms in total. The van der Waals surface area contributed by atoms with E-state index in [2.05, 4.69) is 11.1 Å². The van der Waals surface area contributed by atoms with Gasteiger partial charge in [0.15, 0.2) is 0 Å². The van der Waals surface area contributed by atoms with Crippen molar-refractivity contribution >= 4 is 11.8 Å². The summed E-state index contributed by atoms with van der Waals surface area (Å²) in [4.78, 5) is 5.09. The summed E-state index contributed by atoms with van der Waals surface area (Å²) < 4.78 is 0. The average molecular weight is 256 g/mol. The summed E-state index contributed by atoms with van der Waals surface area (Å²) in [5.74, 6) is 0. The van der Waals surface area contributed by atoms with E-state index >= 15 is 0 Å². The van der Waals surface area contributed by atoms with E-state index in [4.69, 9.17) is 5.26 Å². The van der Waals surface area contributed by atoms with E-state index in [9.17, 15) is 5.11 Å². The fourth-order valence-electron chi connectivity index (χ4n) is 1.56. The van der Waals surface area contributed by atoms with E-state index in [-0.39, 0.29) is 0 Å². The van der Waals surface area contributed by atoms with Gasteiger partial charge < -0.3 is 5.11 Å². The van der Waals surface area contributed by atoms with E-state index < -0.39 is 6.10 Å². The van der Waals surface area contributed by atoms with Gasteiger partial charge in [-0.05, 0) is 36.8 Å². The third-order valence-corrected chi connectivity index (χ3v) is 3.47. The van der Waals surface area contributed by atoms with Crippen molar-refractivity contribution in [2.75, 3.05) is 0 Å². The highest BCUT2D eigenvalue weighted by Gasteiger charge is 2.10. The number of aromatic nitrogens is 1. The van der Waals surface area contributed by atoms with Crippen LogP contribution in [0.4, 0.5) is 0 Å². The molecular formula is C14H12N2OS. The number of aliphatic hydroxyl groups is 1. The average Bonchev–Trinajstić information content (AvgIpc) is 2.39. The normalized spacial score (nSPS) is 11.8. The minimum absolute atomic E-state index is 0.566. The molecule has 0 spiro atoms. The molecule has 0 bridgehead atoms. The summed E-state index contributed by atoms with van der Waals surface area (Å²) in [6, 6.07) is 13.0. The van der Waals surface area contributed by atoms with Crippen LogP contribution in [0.25, 0.3) is 0 Å². The van der Waals surface area contributed by atoms with Crippen molar-refractivity contribution in [1.82, 2.24) is 4.98 Å². The van der Waals surface area contributed by atoms with Crippen LogP contribution in [0.5, 0.6) is 0 Å². The third-order valence-electron chi connectivity index (χ3n) is 2.45. The standard InChI is InChI=1S/C14H12N2OS/c1-10(17)12-6-5-11(9-15)8-13(12)18-14-4-2-3-7-16-14/h2-8,10,17H,1H3/t10-/m1/s1. The molecule has 18 heavy (non-hydrogen) atoms. The quantitative estimate of drug-likeness (QED) is 0.916. The molecule has 1 aromatic carbocycles. The van der Waals surface area contributed by atoms with Crippen molar-refractivity contribution in [3.8, 4) is 6.07 Å². The molecule has 0 saturated heterocycles. The van der Waals surface area contributed by atoms with E-state index in [1.165, 1.54) is 11.8 Å². The van der Waals surface area contributed by atoms with Gasteiger partial charge in [-0.2, -0.15) is 5.26 Å². The second-order valence-corrected chi connectivity index (χ2v) is 4.87. The Bertz CT molecular complexity index is 576. The van der Waals surface area contributed by atoms with Crippen molar-refractivity contribution in [3.05, 3.63) is 53.7 Å². The molecule has 0 fully saturated rings. The Hall–Kier alpha value is -1.83. The van der Waals surface area contributed by atoms with Gasteiger partial charge in [-0.25, -0.2) is 4.98 Å². The van der Waals surface area contributed by atoms with Crippen LogP contribution in [0.15, 0.2) is 52.5 Å². The Morgan fingerprint density at radius 1 is 1.33 bits per heavy atom. The molecule has 1 heterocycles. The van der Waals surface area contributed by atoms with Crippen molar-refractivity contribution in [1.29, 1.82) is 5.26 Å².